The molecule has 2 heterocycles. The van der Waals surface area contributed by atoms with E-state index in [0.717, 1.165) is 55.8 Å². The van der Waals surface area contributed by atoms with Gasteiger partial charge in [-0.15, -0.1) is 0 Å². The number of anilines is 3. The molecule has 0 unspecified atom stereocenters. The first kappa shape index (κ1) is 38.3. The van der Waals surface area contributed by atoms with Crippen LogP contribution in [0.2, 0.25) is 0 Å². The lowest BCUT2D eigenvalue weighted by atomic mass is 9.89. The van der Waals surface area contributed by atoms with Gasteiger partial charge in [-0.05, 0) is 119 Å². The molecule has 0 bridgehead atoms. The number of para-hydroxylation sites is 4. The molecule has 0 aliphatic carbocycles. The van der Waals surface area contributed by atoms with Crippen LogP contribution in [0.1, 0.15) is 11.1 Å². The van der Waals surface area contributed by atoms with Crippen LogP contribution in [0.3, 0.4) is 0 Å². The van der Waals surface area contributed by atoms with Crippen LogP contribution in [0.25, 0.3) is 93.9 Å². The molecule has 3 nitrogen and oxygen atoms in total. The summed E-state index contributed by atoms with van der Waals surface area (Å²) in [5.74, 6) is 0. The zero-order valence-electron chi connectivity index (χ0n) is 36.2. The third-order valence-corrected chi connectivity index (χ3v) is 13.0. The van der Waals surface area contributed by atoms with Gasteiger partial charge in [0.25, 0.3) is 0 Å². The van der Waals surface area contributed by atoms with Crippen molar-refractivity contribution >= 4 is 60.8 Å². The second-order valence-electron chi connectivity index (χ2n) is 16.9. The summed E-state index contributed by atoms with van der Waals surface area (Å²) in [6, 6.07) is 83.1. The highest BCUT2D eigenvalue weighted by atomic mass is 16.3. The molecule has 0 aliphatic rings. The van der Waals surface area contributed by atoms with E-state index in [2.05, 4.69) is 254 Å². The van der Waals surface area contributed by atoms with E-state index in [1.807, 2.05) is 0 Å². The number of rotatable bonds is 8. The van der Waals surface area contributed by atoms with Gasteiger partial charge in [0.15, 0.2) is 0 Å². The Morgan fingerprint density at radius 2 is 0.923 bits per heavy atom. The second-order valence-corrected chi connectivity index (χ2v) is 16.9. The van der Waals surface area contributed by atoms with Crippen LogP contribution in [-0.4, -0.2) is 4.57 Å². The molecule has 0 radical (unpaired) electrons. The number of furan rings is 1. The SMILES string of the molecule is Cc1cc(N(c2cc(C)c(-c3ccccc3)c(-c3ccccc3)c2)c2ccc(-c3ccccc3-n3c4ccccc4c4ccccc43)c3oc4ccccc4c23)ccc1-c1ccccc1. The number of aromatic nitrogens is 1. The highest BCUT2D eigenvalue weighted by Crippen LogP contribution is 2.49. The Morgan fingerprint density at radius 3 is 1.60 bits per heavy atom. The normalized spacial score (nSPS) is 11.5. The van der Waals surface area contributed by atoms with Crippen molar-refractivity contribution in [3.63, 3.8) is 0 Å². The van der Waals surface area contributed by atoms with Gasteiger partial charge < -0.3 is 13.9 Å². The van der Waals surface area contributed by atoms with Crippen LogP contribution >= 0.6 is 0 Å². The van der Waals surface area contributed by atoms with Crippen molar-refractivity contribution in [2.75, 3.05) is 4.90 Å². The predicted molar refractivity (Wildman–Crippen MR) is 274 cm³/mol. The monoisotopic (exact) mass is 832 g/mol. The summed E-state index contributed by atoms with van der Waals surface area (Å²) in [5.41, 5.74) is 20.0. The molecule has 12 aromatic rings. The molecule has 0 N–H and O–H groups in total. The van der Waals surface area contributed by atoms with E-state index in [1.165, 1.54) is 66.3 Å². The first-order valence-electron chi connectivity index (χ1n) is 22.3. The van der Waals surface area contributed by atoms with Crippen molar-refractivity contribution in [2.45, 2.75) is 13.8 Å². The minimum absolute atomic E-state index is 0.848. The number of aryl methyl sites for hydroxylation is 2. The molecule has 0 spiro atoms. The Hall–Kier alpha value is -8.40. The standard InChI is InChI=1S/C62H44N2O/c1-41-38-46(34-35-48(41)43-20-6-3-7-21-43)63(47-39-42(2)60(45-24-10-5-11-25-45)54(40-47)44-22-8-4-9-23-44)58-37-36-52(62-61(58)53-29-15-19-33-59(53)65-62)51-28-14-18-32-57(51)64-55-30-16-12-26-49(55)50-27-13-17-31-56(50)64/h3-40H,1-2H3. The summed E-state index contributed by atoms with van der Waals surface area (Å²) in [5, 5.41) is 4.59. The van der Waals surface area contributed by atoms with E-state index < -0.39 is 0 Å². The van der Waals surface area contributed by atoms with Crippen molar-refractivity contribution in [3.05, 3.63) is 242 Å². The molecular weight excluding hydrogens is 789 g/mol. The van der Waals surface area contributed by atoms with Gasteiger partial charge in [0, 0.05) is 38.7 Å². The van der Waals surface area contributed by atoms with E-state index in [-0.39, 0.29) is 0 Å². The summed E-state index contributed by atoms with van der Waals surface area (Å²) in [6.07, 6.45) is 0. The quantitative estimate of drug-likeness (QED) is 0.152. The first-order valence-corrected chi connectivity index (χ1v) is 22.3. The van der Waals surface area contributed by atoms with E-state index in [9.17, 15) is 0 Å². The number of hydrogen-bond donors (Lipinski definition) is 0. The predicted octanol–water partition coefficient (Wildman–Crippen LogP) is 17.4. The second kappa shape index (κ2) is 15.7. The van der Waals surface area contributed by atoms with Crippen LogP contribution in [0.15, 0.2) is 235 Å². The molecule has 10 aromatic carbocycles. The van der Waals surface area contributed by atoms with Gasteiger partial charge in [-0.3, -0.25) is 0 Å². The molecule has 0 aliphatic heterocycles. The van der Waals surface area contributed by atoms with Crippen LogP contribution in [0.5, 0.6) is 0 Å². The van der Waals surface area contributed by atoms with Gasteiger partial charge in [0.2, 0.25) is 0 Å². The third-order valence-electron chi connectivity index (χ3n) is 13.0. The Bertz CT molecular complexity index is 3680. The maximum Gasteiger partial charge on any atom is 0.145 e. The number of nitrogens with zero attached hydrogens (tertiary/aromatic N) is 2. The number of hydrogen-bond acceptors (Lipinski definition) is 2. The fourth-order valence-electron chi connectivity index (χ4n) is 10.2. The van der Waals surface area contributed by atoms with Gasteiger partial charge in [-0.2, -0.15) is 0 Å². The van der Waals surface area contributed by atoms with E-state index in [1.54, 1.807) is 0 Å². The topological polar surface area (TPSA) is 21.3 Å². The Morgan fingerprint density at radius 1 is 0.385 bits per heavy atom. The molecule has 0 saturated heterocycles. The molecule has 3 heteroatoms. The molecular formula is C62H44N2O. The lowest BCUT2D eigenvalue weighted by Crippen LogP contribution is -2.12. The molecule has 0 amide bonds. The average molecular weight is 833 g/mol. The molecule has 12 rings (SSSR count). The van der Waals surface area contributed by atoms with Gasteiger partial charge in [-0.25, -0.2) is 0 Å². The van der Waals surface area contributed by atoms with Crippen molar-refractivity contribution in [1.29, 1.82) is 0 Å². The highest BCUT2D eigenvalue weighted by Gasteiger charge is 2.26. The minimum Gasteiger partial charge on any atom is -0.455 e. The largest absolute Gasteiger partial charge is 0.455 e. The number of fused-ring (bicyclic) bond motifs is 6. The summed E-state index contributed by atoms with van der Waals surface area (Å²) < 4.78 is 9.52. The zero-order chi connectivity index (χ0) is 43.4. The van der Waals surface area contributed by atoms with Crippen LogP contribution in [0, 0.1) is 13.8 Å². The van der Waals surface area contributed by atoms with Crippen molar-refractivity contribution in [2.24, 2.45) is 0 Å². The summed E-state index contributed by atoms with van der Waals surface area (Å²) >= 11 is 0. The Labute approximate surface area is 378 Å². The van der Waals surface area contributed by atoms with Crippen LogP contribution in [0.4, 0.5) is 17.1 Å². The maximum absolute atomic E-state index is 7.11. The molecule has 65 heavy (non-hydrogen) atoms. The van der Waals surface area contributed by atoms with E-state index >= 15 is 0 Å². The minimum atomic E-state index is 0.848. The van der Waals surface area contributed by atoms with Gasteiger partial charge >= 0.3 is 0 Å². The highest BCUT2D eigenvalue weighted by molar-refractivity contribution is 6.18. The molecule has 0 saturated carbocycles. The summed E-state index contributed by atoms with van der Waals surface area (Å²) in [6.45, 7) is 4.47. The summed E-state index contributed by atoms with van der Waals surface area (Å²) in [4.78, 5) is 2.45. The van der Waals surface area contributed by atoms with Gasteiger partial charge in [0.05, 0.1) is 27.8 Å². The number of benzene rings is 10. The van der Waals surface area contributed by atoms with Gasteiger partial charge in [-0.1, -0.05) is 170 Å². The smallest absolute Gasteiger partial charge is 0.145 e. The molecule has 0 atom stereocenters. The van der Waals surface area contributed by atoms with Gasteiger partial charge in [0.1, 0.15) is 11.2 Å². The van der Waals surface area contributed by atoms with Crippen molar-refractivity contribution < 1.29 is 4.42 Å². The Balaban J connectivity index is 1.14. The van der Waals surface area contributed by atoms with Crippen molar-refractivity contribution in [3.8, 4) is 50.2 Å². The lowest BCUT2D eigenvalue weighted by molar-refractivity contribution is 0.670. The molecule has 0 fully saturated rings. The van der Waals surface area contributed by atoms with E-state index in [0.29, 0.717) is 0 Å². The molecule has 2 aromatic heterocycles. The average Bonchev–Trinajstić information content (AvgIpc) is 3.92. The lowest BCUT2D eigenvalue weighted by Gasteiger charge is -2.29. The Kier molecular flexibility index (Phi) is 9.28. The molecule has 308 valence electrons. The fourth-order valence-corrected chi connectivity index (χ4v) is 10.2. The fraction of sp³-hybridized carbons (Fsp3) is 0.0323. The van der Waals surface area contributed by atoms with Crippen LogP contribution < -0.4 is 4.90 Å². The van der Waals surface area contributed by atoms with Crippen molar-refractivity contribution in [1.82, 2.24) is 4.57 Å². The first-order chi connectivity index (χ1) is 32.1. The zero-order valence-corrected chi connectivity index (χ0v) is 36.2. The maximum atomic E-state index is 7.11. The van der Waals surface area contributed by atoms with E-state index in [4.69, 9.17) is 4.42 Å². The van der Waals surface area contributed by atoms with Crippen LogP contribution in [-0.2, 0) is 0 Å². The summed E-state index contributed by atoms with van der Waals surface area (Å²) in [7, 11) is 0. The third kappa shape index (κ3) is 6.43.